The molecule has 0 bridgehead atoms. The summed E-state index contributed by atoms with van der Waals surface area (Å²) in [5.41, 5.74) is 3.48. The molecule has 0 spiro atoms. The third kappa shape index (κ3) is 5.08. The van der Waals surface area contributed by atoms with Gasteiger partial charge in [-0.1, -0.05) is 18.2 Å². The number of H-pyrrole nitrogens is 1. The van der Waals surface area contributed by atoms with Crippen molar-refractivity contribution in [1.29, 1.82) is 0 Å². The lowest BCUT2D eigenvalue weighted by Gasteiger charge is -2.09. The lowest BCUT2D eigenvalue weighted by Crippen LogP contribution is -2.14. The standard InChI is InChI=1S/C23H21N5O2/c1-16-25-23(28-27-16)19-7-9-20(10-8-19)26-22(29)13-17-4-2-6-21(12-17)30-15-18-5-3-11-24-14-18/h2-12,14H,13,15H2,1H3,(H,26,29)(H,25,27,28). The predicted molar refractivity (Wildman–Crippen MR) is 114 cm³/mol. The number of aromatic amines is 1. The highest BCUT2D eigenvalue weighted by Crippen LogP contribution is 2.19. The van der Waals surface area contributed by atoms with Crippen LogP contribution in [0, 0.1) is 6.92 Å². The van der Waals surface area contributed by atoms with Crippen molar-refractivity contribution in [1.82, 2.24) is 20.2 Å². The molecule has 2 aromatic carbocycles. The summed E-state index contributed by atoms with van der Waals surface area (Å²) in [5, 5.41) is 9.87. The predicted octanol–water partition coefficient (Wildman–Crippen LogP) is 3.94. The largest absolute Gasteiger partial charge is 0.489 e. The molecule has 0 aliphatic carbocycles. The molecule has 30 heavy (non-hydrogen) atoms. The van der Waals surface area contributed by atoms with E-state index in [1.807, 2.05) is 67.6 Å². The highest BCUT2D eigenvalue weighted by Gasteiger charge is 2.08. The number of carbonyl (C=O) groups is 1. The number of ether oxygens (including phenoxy) is 1. The molecule has 1 amide bonds. The summed E-state index contributed by atoms with van der Waals surface area (Å²) in [5.74, 6) is 2.01. The van der Waals surface area contributed by atoms with Gasteiger partial charge in [0.25, 0.3) is 0 Å². The average Bonchev–Trinajstić information content (AvgIpc) is 3.20. The molecule has 0 aliphatic heterocycles. The molecule has 0 saturated heterocycles. The van der Waals surface area contributed by atoms with Crippen molar-refractivity contribution in [3.8, 4) is 17.1 Å². The fourth-order valence-corrected chi connectivity index (χ4v) is 2.96. The van der Waals surface area contributed by atoms with Gasteiger partial charge in [-0.15, -0.1) is 0 Å². The van der Waals surface area contributed by atoms with Crippen LogP contribution in [0.2, 0.25) is 0 Å². The van der Waals surface area contributed by atoms with Crippen LogP contribution in [0.15, 0.2) is 73.1 Å². The highest BCUT2D eigenvalue weighted by molar-refractivity contribution is 5.92. The average molecular weight is 399 g/mol. The van der Waals surface area contributed by atoms with E-state index in [1.54, 1.807) is 12.4 Å². The summed E-state index contributed by atoms with van der Waals surface area (Å²) >= 11 is 0. The van der Waals surface area contributed by atoms with Gasteiger partial charge in [0.15, 0.2) is 5.82 Å². The Kier molecular flexibility index (Phi) is 5.80. The summed E-state index contributed by atoms with van der Waals surface area (Å²) in [6.07, 6.45) is 3.75. The fraction of sp³-hybridized carbons (Fsp3) is 0.130. The molecule has 0 saturated carbocycles. The van der Waals surface area contributed by atoms with E-state index in [4.69, 9.17) is 4.74 Å². The van der Waals surface area contributed by atoms with Gasteiger partial charge >= 0.3 is 0 Å². The lowest BCUT2D eigenvalue weighted by atomic mass is 10.1. The van der Waals surface area contributed by atoms with Crippen LogP contribution in [0.1, 0.15) is 17.0 Å². The zero-order chi connectivity index (χ0) is 20.8. The number of nitrogens with one attached hydrogen (secondary N) is 2. The van der Waals surface area contributed by atoms with Gasteiger partial charge in [-0.3, -0.25) is 14.9 Å². The molecular formula is C23H21N5O2. The molecule has 150 valence electrons. The van der Waals surface area contributed by atoms with Crippen molar-refractivity contribution in [2.75, 3.05) is 5.32 Å². The van der Waals surface area contributed by atoms with E-state index in [1.165, 1.54) is 0 Å². The van der Waals surface area contributed by atoms with Gasteiger partial charge in [-0.2, -0.15) is 5.10 Å². The summed E-state index contributed by atoms with van der Waals surface area (Å²) in [6, 6.07) is 18.8. The van der Waals surface area contributed by atoms with E-state index in [0.29, 0.717) is 12.4 Å². The number of rotatable bonds is 7. The van der Waals surface area contributed by atoms with Crippen LogP contribution in [-0.4, -0.2) is 26.1 Å². The van der Waals surface area contributed by atoms with E-state index in [2.05, 4.69) is 25.5 Å². The number of hydrogen-bond donors (Lipinski definition) is 2. The molecule has 2 heterocycles. The first kappa shape index (κ1) is 19.3. The SMILES string of the molecule is Cc1nc(-c2ccc(NC(=O)Cc3cccc(OCc4cccnc4)c3)cc2)n[nH]1. The molecule has 2 N–H and O–H groups in total. The topological polar surface area (TPSA) is 92.8 Å². The summed E-state index contributed by atoms with van der Waals surface area (Å²) in [6.45, 7) is 2.28. The Morgan fingerprint density at radius 1 is 1.07 bits per heavy atom. The Balaban J connectivity index is 1.33. The first-order chi connectivity index (χ1) is 14.7. The van der Waals surface area contributed by atoms with Crippen molar-refractivity contribution in [3.63, 3.8) is 0 Å². The Bertz CT molecular complexity index is 1120. The highest BCUT2D eigenvalue weighted by atomic mass is 16.5. The summed E-state index contributed by atoms with van der Waals surface area (Å²) in [4.78, 5) is 20.8. The van der Waals surface area contributed by atoms with E-state index in [9.17, 15) is 4.79 Å². The lowest BCUT2D eigenvalue weighted by molar-refractivity contribution is -0.115. The van der Waals surface area contributed by atoms with Crippen LogP contribution in [0.25, 0.3) is 11.4 Å². The maximum atomic E-state index is 12.4. The van der Waals surface area contributed by atoms with E-state index in [0.717, 1.165) is 34.0 Å². The second-order valence-corrected chi connectivity index (χ2v) is 6.84. The number of carbonyl (C=O) groups excluding carboxylic acids is 1. The van der Waals surface area contributed by atoms with E-state index in [-0.39, 0.29) is 12.3 Å². The molecule has 4 aromatic rings. The minimum Gasteiger partial charge on any atom is -0.489 e. The van der Waals surface area contributed by atoms with Gasteiger partial charge in [0.05, 0.1) is 6.42 Å². The molecule has 0 aliphatic rings. The number of aromatic nitrogens is 4. The number of benzene rings is 2. The van der Waals surface area contributed by atoms with Crippen LogP contribution in [0.5, 0.6) is 5.75 Å². The number of pyridine rings is 1. The first-order valence-electron chi connectivity index (χ1n) is 9.56. The van der Waals surface area contributed by atoms with E-state index < -0.39 is 0 Å². The molecule has 2 aromatic heterocycles. The van der Waals surface area contributed by atoms with Crippen LogP contribution < -0.4 is 10.1 Å². The number of nitrogens with zero attached hydrogens (tertiary/aromatic N) is 3. The quantitative estimate of drug-likeness (QED) is 0.491. The van der Waals surface area contributed by atoms with Gasteiger partial charge in [0.1, 0.15) is 18.2 Å². The van der Waals surface area contributed by atoms with Crippen LogP contribution in [0.4, 0.5) is 5.69 Å². The van der Waals surface area contributed by atoms with Crippen molar-refractivity contribution >= 4 is 11.6 Å². The van der Waals surface area contributed by atoms with Crippen molar-refractivity contribution < 1.29 is 9.53 Å². The van der Waals surface area contributed by atoms with Gasteiger partial charge in [-0.25, -0.2) is 4.98 Å². The van der Waals surface area contributed by atoms with Gasteiger partial charge in [0.2, 0.25) is 5.91 Å². The second-order valence-electron chi connectivity index (χ2n) is 6.84. The Labute approximate surface area is 174 Å². The first-order valence-corrected chi connectivity index (χ1v) is 9.56. The number of amides is 1. The van der Waals surface area contributed by atoms with Crippen LogP contribution >= 0.6 is 0 Å². The number of anilines is 1. The molecular weight excluding hydrogens is 378 g/mol. The van der Waals surface area contributed by atoms with Crippen LogP contribution in [0.3, 0.4) is 0 Å². The maximum Gasteiger partial charge on any atom is 0.228 e. The molecule has 7 heteroatoms. The molecule has 0 fully saturated rings. The van der Waals surface area contributed by atoms with Gasteiger partial charge in [-0.05, 0) is 55.0 Å². The zero-order valence-corrected chi connectivity index (χ0v) is 16.5. The molecule has 0 unspecified atom stereocenters. The molecule has 0 radical (unpaired) electrons. The van der Waals surface area contributed by atoms with Crippen LogP contribution in [-0.2, 0) is 17.8 Å². The second kappa shape index (κ2) is 9.00. The van der Waals surface area contributed by atoms with E-state index >= 15 is 0 Å². The van der Waals surface area contributed by atoms with Crippen molar-refractivity contribution in [3.05, 3.63) is 90.0 Å². The Morgan fingerprint density at radius 2 is 1.90 bits per heavy atom. The fourth-order valence-electron chi connectivity index (χ4n) is 2.96. The Morgan fingerprint density at radius 3 is 2.63 bits per heavy atom. The molecule has 0 atom stereocenters. The van der Waals surface area contributed by atoms with Crippen molar-refractivity contribution in [2.24, 2.45) is 0 Å². The zero-order valence-electron chi connectivity index (χ0n) is 16.5. The minimum atomic E-state index is -0.0964. The van der Waals surface area contributed by atoms with Gasteiger partial charge in [0, 0.05) is 29.2 Å². The molecule has 4 rings (SSSR count). The maximum absolute atomic E-state index is 12.4. The summed E-state index contributed by atoms with van der Waals surface area (Å²) in [7, 11) is 0. The number of hydrogen-bond acceptors (Lipinski definition) is 5. The number of aryl methyl sites for hydroxylation is 1. The molecule has 7 nitrogen and oxygen atoms in total. The summed E-state index contributed by atoms with van der Waals surface area (Å²) < 4.78 is 5.80. The third-order valence-corrected chi connectivity index (χ3v) is 4.42. The van der Waals surface area contributed by atoms with Crippen molar-refractivity contribution in [2.45, 2.75) is 20.0 Å². The minimum absolute atomic E-state index is 0.0964. The van der Waals surface area contributed by atoms with Gasteiger partial charge < -0.3 is 10.1 Å². The monoisotopic (exact) mass is 399 g/mol. The smallest absolute Gasteiger partial charge is 0.228 e. The normalized spacial score (nSPS) is 10.6. The Hall–Kier alpha value is -4.00. The third-order valence-electron chi connectivity index (χ3n) is 4.42.